The van der Waals surface area contributed by atoms with E-state index in [-0.39, 0.29) is 38.4 Å². The zero-order chi connectivity index (χ0) is 38.6. The number of rotatable bonds is 18. The van der Waals surface area contributed by atoms with Gasteiger partial charge in [-0.3, -0.25) is 9.59 Å². The second-order valence-corrected chi connectivity index (χ2v) is 15.5. The van der Waals surface area contributed by atoms with Crippen molar-refractivity contribution in [2.24, 2.45) is 22.4 Å². The summed E-state index contributed by atoms with van der Waals surface area (Å²) in [6.45, 7) is 10.8. The van der Waals surface area contributed by atoms with Gasteiger partial charge in [-0.25, -0.2) is 15.6 Å². The molecule has 13 heteroatoms. The van der Waals surface area contributed by atoms with Crippen LogP contribution in [0.15, 0.2) is 53.1 Å². The molecule has 0 fully saturated rings. The van der Waals surface area contributed by atoms with Crippen molar-refractivity contribution in [2.45, 2.75) is 104 Å². The molecular formula is C40H55N5O8. The molecule has 1 aromatic carbocycles. The maximum absolute atomic E-state index is 13.5. The van der Waals surface area contributed by atoms with Gasteiger partial charge >= 0.3 is 11.9 Å². The van der Waals surface area contributed by atoms with Crippen molar-refractivity contribution in [3.8, 4) is 11.4 Å². The number of aromatic nitrogens is 2. The Hall–Kier alpha value is -4.30. The lowest BCUT2D eigenvalue weighted by molar-refractivity contribution is -0.171. The van der Waals surface area contributed by atoms with Gasteiger partial charge in [-0.15, -0.1) is 0 Å². The molecule has 13 nitrogen and oxygen atoms in total. The average Bonchev–Trinajstić information content (AvgIpc) is 3.48. The smallest absolute Gasteiger partial charge is 0.352 e. The van der Waals surface area contributed by atoms with Gasteiger partial charge in [-0.1, -0.05) is 52.3 Å². The average molecular weight is 734 g/mol. The molecule has 0 bridgehead atoms. The fraction of sp³-hybridized carbons (Fsp3) is 0.550. The Morgan fingerprint density at radius 1 is 1.13 bits per heavy atom. The predicted octanol–water partition coefficient (Wildman–Crippen LogP) is 4.59. The highest BCUT2D eigenvalue weighted by molar-refractivity contribution is 5.85. The van der Waals surface area contributed by atoms with E-state index in [4.69, 9.17) is 30.8 Å². The van der Waals surface area contributed by atoms with Crippen LogP contribution in [0, 0.1) is 10.8 Å². The fourth-order valence-electron chi connectivity index (χ4n) is 7.30. The van der Waals surface area contributed by atoms with Crippen molar-refractivity contribution in [1.82, 2.24) is 14.6 Å². The number of cyclic esters (lactones) is 1. The first-order valence-electron chi connectivity index (χ1n) is 18.5. The molecule has 0 amide bonds. The van der Waals surface area contributed by atoms with Crippen LogP contribution in [-0.2, 0) is 37.0 Å². The first-order valence-corrected chi connectivity index (χ1v) is 18.5. The molecule has 2 aliphatic heterocycles. The maximum Gasteiger partial charge on any atom is 0.352 e. The number of pyridine rings is 2. The van der Waals surface area contributed by atoms with Gasteiger partial charge in [-0.2, -0.15) is 0 Å². The van der Waals surface area contributed by atoms with E-state index in [9.17, 15) is 24.6 Å². The van der Waals surface area contributed by atoms with Gasteiger partial charge in [0, 0.05) is 41.1 Å². The number of aliphatic hydroxyl groups excluding tert-OH is 1. The van der Waals surface area contributed by atoms with E-state index in [2.05, 4.69) is 0 Å². The van der Waals surface area contributed by atoms with E-state index in [0.717, 1.165) is 16.5 Å². The number of hydrazine groups is 1. The van der Waals surface area contributed by atoms with Crippen LogP contribution in [0.25, 0.3) is 22.3 Å². The maximum atomic E-state index is 13.5. The zero-order valence-electron chi connectivity index (χ0n) is 31.7. The number of fused-ring (bicyclic) bond motifs is 5. The highest BCUT2D eigenvalue weighted by atomic mass is 16.6. The van der Waals surface area contributed by atoms with Crippen LogP contribution in [0.3, 0.4) is 0 Å². The van der Waals surface area contributed by atoms with Crippen LogP contribution in [0.4, 0.5) is 0 Å². The second-order valence-electron chi connectivity index (χ2n) is 15.5. The summed E-state index contributed by atoms with van der Waals surface area (Å²) in [4.78, 5) is 44.0. The van der Waals surface area contributed by atoms with Crippen molar-refractivity contribution in [3.63, 3.8) is 0 Å². The Bertz CT molecular complexity index is 1900. The molecule has 6 N–H and O–H groups in total. The third kappa shape index (κ3) is 8.75. The van der Waals surface area contributed by atoms with Gasteiger partial charge < -0.3 is 39.7 Å². The number of para-hydroxylation sites is 1. The Labute approximate surface area is 310 Å². The number of unbranched alkanes of at least 4 members (excludes halogenated alkanes) is 2. The first kappa shape index (κ1) is 39.9. The number of nitrogens with zero attached hydrogens (tertiary/aromatic N) is 3. The number of aliphatic hydroxyl groups is 2. The summed E-state index contributed by atoms with van der Waals surface area (Å²) in [6.07, 6.45) is 4.04. The predicted molar refractivity (Wildman–Crippen MR) is 201 cm³/mol. The fourth-order valence-corrected chi connectivity index (χ4v) is 7.30. The van der Waals surface area contributed by atoms with Gasteiger partial charge in [0.1, 0.15) is 6.61 Å². The molecule has 5 rings (SSSR count). The molecule has 4 heterocycles. The number of hydrogen-bond donors (Lipinski definition) is 4. The number of benzene rings is 1. The minimum absolute atomic E-state index is 0.0719. The van der Waals surface area contributed by atoms with Crippen molar-refractivity contribution in [2.75, 3.05) is 26.4 Å². The van der Waals surface area contributed by atoms with E-state index in [1.807, 2.05) is 65.0 Å². The monoisotopic (exact) mass is 733 g/mol. The third-order valence-corrected chi connectivity index (χ3v) is 11.3. The molecule has 3 atom stereocenters. The molecule has 53 heavy (non-hydrogen) atoms. The van der Waals surface area contributed by atoms with Crippen LogP contribution < -0.4 is 17.1 Å². The van der Waals surface area contributed by atoms with Gasteiger partial charge in [0.2, 0.25) is 6.10 Å². The van der Waals surface area contributed by atoms with Gasteiger partial charge in [0.25, 0.3) is 5.56 Å². The summed E-state index contributed by atoms with van der Waals surface area (Å²) in [5.74, 6) is 4.87. The van der Waals surface area contributed by atoms with E-state index in [1.165, 1.54) is 5.01 Å². The third-order valence-electron chi connectivity index (χ3n) is 11.3. The Balaban J connectivity index is 1.09. The van der Waals surface area contributed by atoms with E-state index in [1.54, 1.807) is 16.8 Å². The first-order chi connectivity index (χ1) is 25.1. The molecule has 3 aromatic rings. The highest BCUT2D eigenvalue weighted by Crippen LogP contribution is 2.45. The van der Waals surface area contributed by atoms with Crippen LogP contribution in [0.2, 0.25) is 0 Å². The Morgan fingerprint density at radius 3 is 2.60 bits per heavy atom. The molecule has 0 saturated carbocycles. The number of ether oxygens (including phenoxy) is 3. The van der Waals surface area contributed by atoms with E-state index < -0.39 is 34.5 Å². The van der Waals surface area contributed by atoms with Gasteiger partial charge in [-0.05, 0) is 62.6 Å². The number of esters is 2. The summed E-state index contributed by atoms with van der Waals surface area (Å²) in [6, 6.07) is 11.5. The van der Waals surface area contributed by atoms with Crippen molar-refractivity contribution >= 4 is 22.8 Å². The van der Waals surface area contributed by atoms with Crippen LogP contribution in [0.5, 0.6) is 0 Å². The summed E-state index contributed by atoms with van der Waals surface area (Å²) in [5.41, 5.74) is 8.06. The molecule has 0 aliphatic carbocycles. The minimum atomic E-state index is -1.33. The van der Waals surface area contributed by atoms with Crippen molar-refractivity contribution in [1.29, 1.82) is 0 Å². The highest BCUT2D eigenvalue weighted by Gasteiger charge is 2.44. The van der Waals surface area contributed by atoms with Crippen LogP contribution >= 0.6 is 0 Å². The largest absolute Gasteiger partial charge is 0.458 e. The minimum Gasteiger partial charge on any atom is -0.458 e. The lowest BCUT2D eigenvalue weighted by atomic mass is 9.64. The molecule has 0 saturated heterocycles. The number of carbonyl (C=O) groups is 2. The number of nitrogens with two attached hydrogens (primary N) is 2. The van der Waals surface area contributed by atoms with E-state index >= 15 is 0 Å². The van der Waals surface area contributed by atoms with Crippen molar-refractivity contribution in [3.05, 3.63) is 75.3 Å². The molecule has 2 aliphatic rings. The second kappa shape index (κ2) is 16.4. The molecule has 0 spiro atoms. The van der Waals surface area contributed by atoms with Crippen LogP contribution in [-0.4, -0.2) is 68.7 Å². The lowest BCUT2D eigenvalue weighted by Gasteiger charge is -2.46. The topological polar surface area (TPSA) is 192 Å². The van der Waals surface area contributed by atoms with Crippen molar-refractivity contribution < 1.29 is 34.0 Å². The molecule has 2 aromatic heterocycles. The molecular weight excluding hydrogens is 678 g/mol. The quantitative estimate of drug-likeness (QED) is 0.0482. The Morgan fingerprint density at radius 2 is 1.89 bits per heavy atom. The summed E-state index contributed by atoms with van der Waals surface area (Å²) < 4.78 is 18.5. The molecule has 0 radical (unpaired) electrons. The Kier molecular flexibility index (Phi) is 12.3. The normalized spacial score (nSPS) is 17.7. The summed E-state index contributed by atoms with van der Waals surface area (Å²) >= 11 is 0. The summed E-state index contributed by atoms with van der Waals surface area (Å²) in [7, 11) is 0. The molecule has 3 unspecified atom stereocenters. The SMILES string of the molecule is CCC(CO)(COC/C(N)=C/N(N)CCCCCC(=O)OC1C(=O)OCc2c1cc1n(c2=O)Cc2cc3ccccc3nc2-1)CC(C)(C)C(C)(O)CC. The lowest BCUT2D eigenvalue weighted by Crippen LogP contribution is -2.47. The standard InChI is InChI=1S/C40H55N5O8/c1-6-39(5,50)38(3,4)23-40(7-2,24-46)25-51-21-28(41)20-44(42)16-12-8-9-15-33(47)53-35-29-18-32-34-27(17-26-13-10-11-14-31(26)43-34)19-45(32)36(48)30(29)22-52-37(35)49/h10-11,13-14,17-18,20,35,46,50H,6-9,12,15-16,19,21-25,41-42H2,1-5H3/b28-20-. The number of hydrogen-bond acceptors (Lipinski definition) is 12. The van der Waals surface area contributed by atoms with E-state index in [0.29, 0.717) is 79.8 Å². The van der Waals surface area contributed by atoms with Gasteiger partial charge in [0.05, 0.1) is 60.1 Å². The van der Waals surface area contributed by atoms with Crippen LogP contribution in [0.1, 0.15) is 102 Å². The molecule has 288 valence electrons. The van der Waals surface area contributed by atoms with Gasteiger partial charge in [0.15, 0.2) is 0 Å². The number of carbonyl (C=O) groups excluding carboxylic acids is 2. The zero-order valence-corrected chi connectivity index (χ0v) is 31.7. The summed E-state index contributed by atoms with van der Waals surface area (Å²) in [5, 5.41) is 23.7.